The van der Waals surface area contributed by atoms with Gasteiger partial charge in [-0.05, 0) is 38.3 Å². The van der Waals surface area contributed by atoms with Crippen LogP contribution in [0.1, 0.15) is 59.1 Å². The van der Waals surface area contributed by atoms with Crippen molar-refractivity contribution in [1.82, 2.24) is 24.8 Å². The zero-order valence-corrected chi connectivity index (χ0v) is 29.7. The highest BCUT2D eigenvalue weighted by atomic mass is 28.3. The molecule has 0 aliphatic carbocycles. The smallest absolute Gasteiger partial charge is 0.386 e. The number of halogens is 3. The van der Waals surface area contributed by atoms with Crippen molar-refractivity contribution < 1.29 is 37.5 Å². The fraction of sp³-hybridized carbons (Fsp3) is 0.562. The van der Waals surface area contributed by atoms with Crippen LogP contribution in [0.3, 0.4) is 0 Å². The molecule has 1 aliphatic rings. The first-order chi connectivity index (χ1) is 22.6. The molecule has 1 aliphatic heterocycles. The summed E-state index contributed by atoms with van der Waals surface area (Å²) < 4.78 is 51.9. The Balaban J connectivity index is 1.61. The molecule has 17 heteroatoms. The van der Waals surface area contributed by atoms with Crippen molar-refractivity contribution >= 4 is 37.4 Å². The van der Waals surface area contributed by atoms with Crippen molar-refractivity contribution in [2.45, 2.75) is 96.4 Å². The van der Waals surface area contributed by atoms with Crippen LogP contribution in [0.2, 0.25) is 13.1 Å². The number of hydrogen-bond acceptors (Lipinski definition) is 10. The molecular formula is C32H41F3N7O6Si. The van der Waals surface area contributed by atoms with E-state index >= 15 is 0 Å². The van der Waals surface area contributed by atoms with E-state index in [1.807, 2.05) is 46.1 Å². The van der Waals surface area contributed by atoms with Gasteiger partial charge in [0, 0.05) is 30.2 Å². The van der Waals surface area contributed by atoms with Crippen molar-refractivity contribution in [2.24, 2.45) is 5.41 Å². The minimum atomic E-state index is -5.04. The number of rotatable bonds is 9. The normalized spacial score (nSPS) is 21.4. The van der Waals surface area contributed by atoms with E-state index in [0.29, 0.717) is 17.0 Å². The summed E-state index contributed by atoms with van der Waals surface area (Å²) in [4.78, 5) is 35.7. The number of carbonyl (C=O) groups is 1. The van der Waals surface area contributed by atoms with Gasteiger partial charge in [-0.2, -0.15) is 13.2 Å². The Hall–Kier alpha value is -4.11. The number of nitrogens with zero attached hydrogens (tertiary/aromatic N) is 5. The number of carbonyl (C=O) groups excluding carboxylic acids is 1. The summed E-state index contributed by atoms with van der Waals surface area (Å²) in [5.41, 5.74) is -1.22. The molecule has 1 fully saturated rings. The van der Waals surface area contributed by atoms with Gasteiger partial charge in [0.15, 0.2) is 17.0 Å². The van der Waals surface area contributed by atoms with Crippen LogP contribution in [0.4, 0.5) is 24.7 Å². The molecule has 49 heavy (non-hydrogen) atoms. The lowest BCUT2D eigenvalue weighted by Crippen LogP contribution is -2.52. The zero-order valence-electron chi connectivity index (χ0n) is 28.7. The first kappa shape index (κ1) is 37.7. The molecule has 2 aromatic heterocycles. The number of nitrogens with one attached hydrogen (secondary N) is 2. The number of imidazole rings is 1. The van der Waals surface area contributed by atoms with E-state index in [1.165, 1.54) is 24.5 Å². The number of anilines is 1. The van der Waals surface area contributed by atoms with Crippen LogP contribution >= 0.6 is 0 Å². The van der Waals surface area contributed by atoms with Gasteiger partial charge < -0.3 is 25.2 Å². The lowest BCUT2D eigenvalue weighted by atomic mass is 9.72. The lowest BCUT2D eigenvalue weighted by molar-refractivity contribution is -0.385. The molecule has 1 saturated heterocycles. The van der Waals surface area contributed by atoms with E-state index in [1.54, 1.807) is 11.6 Å². The van der Waals surface area contributed by atoms with Gasteiger partial charge in [0.2, 0.25) is 0 Å². The third-order valence-electron chi connectivity index (χ3n) is 8.41. The number of nitro benzene ring substituents is 1. The molecule has 3 heterocycles. The fourth-order valence-electron chi connectivity index (χ4n) is 5.52. The van der Waals surface area contributed by atoms with Gasteiger partial charge in [0.1, 0.15) is 32.2 Å². The van der Waals surface area contributed by atoms with Gasteiger partial charge in [0.25, 0.3) is 5.69 Å². The average molecular weight is 705 g/mol. The molecule has 1 radical (unpaired) electrons. The maximum atomic E-state index is 12.4. The number of fused-ring (bicyclic) bond motifs is 1. The van der Waals surface area contributed by atoms with Gasteiger partial charge in [-0.3, -0.25) is 19.5 Å². The highest BCUT2D eigenvalue weighted by Crippen LogP contribution is 2.52. The average Bonchev–Trinajstić information content (AvgIpc) is 3.57. The predicted octanol–water partition coefficient (Wildman–Crippen LogP) is 4.70. The lowest BCUT2D eigenvalue weighted by Gasteiger charge is -2.41. The molecule has 1 amide bonds. The number of aromatic nitrogens is 4. The first-order valence-corrected chi connectivity index (χ1v) is 18.0. The van der Waals surface area contributed by atoms with Crippen molar-refractivity contribution in [3.05, 3.63) is 52.1 Å². The molecule has 3 atom stereocenters. The van der Waals surface area contributed by atoms with E-state index in [9.17, 15) is 33.2 Å². The van der Waals surface area contributed by atoms with Crippen LogP contribution in [0.15, 0.2) is 30.9 Å². The Morgan fingerprint density at radius 3 is 2.49 bits per heavy atom. The summed E-state index contributed by atoms with van der Waals surface area (Å²) >= 11 is 0. The standard InChI is InChI=1S/C32H41F3N7O6Si/c1-28(2,3)30(44)17-31(49(7)8,48-23(30)16-47-29(4,5)6)41-19-40-24-25(38-18-39-26(24)41)37-15-21-12-11-20(14-22(21)42(45)46)10-9-13-36-27(43)32(33,34)35/h11-12,14,18-19,23,44H,13,15-17H2,1-8H3,(H,36,43)(H,37,38,39)/t23-,30+,31+/m1/s1. The summed E-state index contributed by atoms with van der Waals surface area (Å²) in [6.45, 7) is 15.5. The molecule has 4 rings (SSSR count). The number of alkyl halides is 3. The summed E-state index contributed by atoms with van der Waals surface area (Å²) in [5, 5.41) is 27.9. The largest absolute Gasteiger partial charge is 0.471 e. The van der Waals surface area contributed by atoms with Crippen LogP contribution in [0.25, 0.3) is 11.2 Å². The molecule has 3 aromatic rings. The van der Waals surface area contributed by atoms with E-state index in [-0.39, 0.29) is 36.4 Å². The van der Waals surface area contributed by atoms with Crippen LogP contribution in [0, 0.1) is 27.4 Å². The predicted molar refractivity (Wildman–Crippen MR) is 177 cm³/mol. The molecule has 1 aromatic carbocycles. The maximum Gasteiger partial charge on any atom is 0.471 e. The van der Waals surface area contributed by atoms with Crippen LogP contribution in [0.5, 0.6) is 0 Å². The van der Waals surface area contributed by atoms with Gasteiger partial charge in [-0.15, -0.1) is 0 Å². The minimum absolute atomic E-state index is 0.0289. The SMILES string of the molecule is C[Si](C)[C@]1(n2cnc3c(NCc4ccc(C#CCNC(=O)C(F)(F)F)cc4[N+](=O)[O-])ncnc32)C[C@@](O)(C(C)(C)C)[C@@H](COC(C)(C)C)O1. The van der Waals surface area contributed by atoms with E-state index < -0.39 is 60.4 Å². The van der Waals surface area contributed by atoms with Crippen molar-refractivity contribution in [3.63, 3.8) is 0 Å². The van der Waals surface area contributed by atoms with Crippen LogP contribution in [-0.2, 0) is 26.2 Å². The molecular weight excluding hydrogens is 663 g/mol. The molecule has 0 saturated carbocycles. The van der Waals surface area contributed by atoms with E-state index in [2.05, 4.69) is 45.2 Å². The topological polar surface area (TPSA) is 167 Å². The van der Waals surface area contributed by atoms with Gasteiger partial charge >= 0.3 is 12.1 Å². The van der Waals surface area contributed by atoms with E-state index in [4.69, 9.17) is 9.47 Å². The number of amides is 1. The second-order valence-corrected chi connectivity index (χ2v) is 16.9. The minimum Gasteiger partial charge on any atom is -0.386 e. The summed E-state index contributed by atoms with van der Waals surface area (Å²) in [5.74, 6) is 3.06. The Bertz CT molecular complexity index is 1780. The summed E-state index contributed by atoms with van der Waals surface area (Å²) in [6, 6.07) is 4.15. The Labute approximate surface area is 283 Å². The fourth-order valence-corrected chi connectivity index (χ4v) is 7.16. The number of hydrogen-bond donors (Lipinski definition) is 3. The Morgan fingerprint density at radius 2 is 1.90 bits per heavy atom. The van der Waals surface area contributed by atoms with Gasteiger partial charge in [-0.1, -0.05) is 45.7 Å². The van der Waals surface area contributed by atoms with Crippen molar-refractivity contribution in [2.75, 3.05) is 18.5 Å². The van der Waals surface area contributed by atoms with Gasteiger partial charge in [-0.25, -0.2) is 15.0 Å². The molecule has 265 valence electrons. The number of aliphatic hydroxyl groups is 1. The highest BCUT2D eigenvalue weighted by molar-refractivity contribution is 6.58. The van der Waals surface area contributed by atoms with Crippen LogP contribution < -0.4 is 10.6 Å². The Kier molecular flexibility index (Phi) is 10.5. The van der Waals surface area contributed by atoms with E-state index in [0.717, 1.165) is 0 Å². The number of benzene rings is 1. The Morgan fingerprint density at radius 1 is 1.20 bits per heavy atom. The summed E-state index contributed by atoms with van der Waals surface area (Å²) in [6.07, 6.45) is -2.44. The second kappa shape index (κ2) is 13.7. The third kappa shape index (κ3) is 8.04. The quantitative estimate of drug-likeness (QED) is 0.123. The maximum absolute atomic E-state index is 12.4. The van der Waals surface area contributed by atoms with Crippen molar-refractivity contribution in [3.8, 4) is 11.8 Å². The third-order valence-corrected chi connectivity index (χ3v) is 10.5. The number of nitro groups is 1. The summed E-state index contributed by atoms with van der Waals surface area (Å²) in [7, 11) is -1.36. The second-order valence-electron chi connectivity index (χ2n) is 14.1. The number of ether oxygens (including phenoxy) is 2. The van der Waals surface area contributed by atoms with Crippen molar-refractivity contribution in [1.29, 1.82) is 0 Å². The molecule has 3 N–H and O–H groups in total. The highest BCUT2D eigenvalue weighted by Gasteiger charge is 2.62. The van der Waals surface area contributed by atoms with Gasteiger partial charge in [0.05, 0.1) is 30.0 Å². The molecule has 0 spiro atoms. The zero-order chi connectivity index (χ0) is 36.6. The monoisotopic (exact) mass is 704 g/mol. The first-order valence-electron chi connectivity index (χ1n) is 15.5. The molecule has 0 unspecified atom stereocenters. The molecule has 13 nitrogen and oxygen atoms in total. The molecule has 0 bridgehead atoms. The van der Waals surface area contributed by atoms with Crippen LogP contribution in [-0.4, -0.2) is 80.9 Å².